The van der Waals surface area contributed by atoms with Crippen LogP contribution in [-0.4, -0.2) is 9.55 Å². The number of para-hydroxylation sites is 2. The number of rotatable bonds is 4. The summed E-state index contributed by atoms with van der Waals surface area (Å²) in [6, 6.07) is 23.2. The molecule has 4 rings (SSSR count). The van der Waals surface area contributed by atoms with Gasteiger partial charge in [-0.1, -0.05) is 77.1 Å². The molecule has 0 saturated heterocycles. The third-order valence-electron chi connectivity index (χ3n) is 4.29. The highest BCUT2D eigenvalue weighted by molar-refractivity contribution is 9.11. The van der Waals surface area contributed by atoms with Crippen LogP contribution in [0.1, 0.15) is 11.4 Å². The quantitative estimate of drug-likeness (QED) is 0.447. The molecule has 0 aliphatic heterocycles. The first-order chi connectivity index (χ1) is 11.7. The summed E-state index contributed by atoms with van der Waals surface area (Å²) in [5.74, 6) is 1.06. The second-order valence-electron chi connectivity index (χ2n) is 5.94. The molecular weight excluding hydrogens is 360 g/mol. The van der Waals surface area contributed by atoms with Gasteiger partial charge in [-0.2, -0.15) is 0 Å². The fourth-order valence-electron chi connectivity index (χ4n) is 3.23. The average molecular weight is 377 g/mol. The van der Waals surface area contributed by atoms with Crippen molar-refractivity contribution >= 4 is 37.7 Å². The topological polar surface area (TPSA) is 17.8 Å². The number of allylic oxidation sites excluding steroid dienone is 1. The Morgan fingerprint density at radius 2 is 1.71 bits per heavy atom. The molecule has 2 nitrogen and oxygen atoms in total. The van der Waals surface area contributed by atoms with Gasteiger partial charge in [-0.15, -0.1) is 0 Å². The van der Waals surface area contributed by atoms with E-state index in [4.69, 9.17) is 4.98 Å². The smallest absolute Gasteiger partial charge is 0.114 e. The van der Waals surface area contributed by atoms with Gasteiger partial charge < -0.3 is 4.57 Å². The summed E-state index contributed by atoms with van der Waals surface area (Å²) in [4.78, 5) is 4.87. The van der Waals surface area contributed by atoms with Crippen molar-refractivity contribution < 1.29 is 0 Å². The van der Waals surface area contributed by atoms with E-state index >= 15 is 0 Å². The van der Waals surface area contributed by atoms with Crippen LogP contribution in [0.4, 0.5) is 0 Å². The minimum atomic E-state index is 0.723. The van der Waals surface area contributed by atoms with Crippen LogP contribution in [-0.2, 0) is 13.0 Å². The molecule has 0 fully saturated rings. The molecule has 1 aromatic heterocycles. The minimum absolute atomic E-state index is 0.723. The van der Waals surface area contributed by atoms with Crippen molar-refractivity contribution in [1.82, 2.24) is 9.55 Å². The Bertz CT molecular complexity index is 1040. The molecule has 0 radical (unpaired) electrons. The van der Waals surface area contributed by atoms with Gasteiger partial charge >= 0.3 is 0 Å². The normalized spacial score (nSPS) is 11.2. The van der Waals surface area contributed by atoms with Gasteiger partial charge in [-0.3, -0.25) is 0 Å². The maximum atomic E-state index is 4.87. The molecule has 3 heteroatoms. The third kappa shape index (κ3) is 2.76. The molecule has 0 amide bonds. The number of fused-ring (bicyclic) bond motifs is 2. The Hall–Kier alpha value is -2.39. The molecule has 0 bridgehead atoms. The van der Waals surface area contributed by atoms with Crippen LogP contribution in [0.5, 0.6) is 0 Å². The Morgan fingerprint density at radius 1 is 0.958 bits per heavy atom. The molecule has 0 spiro atoms. The predicted molar refractivity (Wildman–Crippen MR) is 105 cm³/mol. The highest BCUT2D eigenvalue weighted by Gasteiger charge is 2.12. The van der Waals surface area contributed by atoms with Crippen LogP contribution < -0.4 is 0 Å². The summed E-state index contributed by atoms with van der Waals surface area (Å²) < 4.78 is 3.19. The fourth-order valence-corrected chi connectivity index (χ4v) is 3.48. The molecule has 0 N–H and O–H groups in total. The number of benzene rings is 3. The van der Waals surface area contributed by atoms with Crippen LogP contribution in [0.15, 0.2) is 77.8 Å². The molecule has 1 heterocycles. The molecular formula is C21H17BrN2. The van der Waals surface area contributed by atoms with E-state index in [-0.39, 0.29) is 0 Å². The zero-order chi connectivity index (χ0) is 16.5. The summed E-state index contributed by atoms with van der Waals surface area (Å²) in [7, 11) is 0. The number of imidazole rings is 1. The van der Waals surface area contributed by atoms with E-state index in [2.05, 4.69) is 87.7 Å². The molecule has 118 valence electrons. The van der Waals surface area contributed by atoms with E-state index in [9.17, 15) is 0 Å². The highest BCUT2D eigenvalue weighted by atomic mass is 79.9. The molecule has 3 aromatic carbocycles. The van der Waals surface area contributed by atoms with E-state index in [0.29, 0.717) is 0 Å². The number of nitrogens with zero attached hydrogens (tertiary/aromatic N) is 2. The molecule has 24 heavy (non-hydrogen) atoms. The van der Waals surface area contributed by atoms with Gasteiger partial charge in [0.1, 0.15) is 5.82 Å². The number of aromatic nitrogens is 2. The highest BCUT2D eigenvalue weighted by Crippen LogP contribution is 2.24. The summed E-state index contributed by atoms with van der Waals surface area (Å²) >= 11 is 3.50. The van der Waals surface area contributed by atoms with Gasteiger partial charge in [0.2, 0.25) is 0 Å². The van der Waals surface area contributed by atoms with Gasteiger partial charge in [-0.05, 0) is 28.5 Å². The van der Waals surface area contributed by atoms with E-state index in [1.54, 1.807) is 0 Å². The van der Waals surface area contributed by atoms with Crippen LogP contribution in [0.25, 0.3) is 21.8 Å². The second-order valence-corrected chi connectivity index (χ2v) is 7.06. The van der Waals surface area contributed by atoms with Crippen LogP contribution in [0.2, 0.25) is 0 Å². The van der Waals surface area contributed by atoms with Crippen LogP contribution >= 0.6 is 15.9 Å². The maximum absolute atomic E-state index is 4.87. The zero-order valence-electron chi connectivity index (χ0n) is 13.2. The van der Waals surface area contributed by atoms with Gasteiger partial charge in [0.15, 0.2) is 0 Å². The SMILES string of the molecule is C=C(Br)Cn1c(Cc2cccc3ccccc23)nc2ccccc21. The lowest BCUT2D eigenvalue weighted by atomic mass is 10.0. The van der Waals surface area contributed by atoms with Crippen molar-refractivity contribution in [2.45, 2.75) is 13.0 Å². The second kappa shape index (κ2) is 6.25. The number of hydrogen-bond acceptors (Lipinski definition) is 1. The van der Waals surface area contributed by atoms with Crippen molar-refractivity contribution in [2.24, 2.45) is 0 Å². The monoisotopic (exact) mass is 376 g/mol. The predicted octanol–water partition coefficient (Wildman–Crippen LogP) is 5.69. The first kappa shape index (κ1) is 15.2. The van der Waals surface area contributed by atoms with Crippen molar-refractivity contribution in [2.75, 3.05) is 0 Å². The number of hydrogen-bond donors (Lipinski definition) is 0. The van der Waals surface area contributed by atoms with Crippen molar-refractivity contribution in [3.63, 3.8) is 0 Å². The van der Waals surface area contributed by atoms with E-state index in [1.165, 1.54) is 16.3 Å². The molecule has 4 aromatic rings. The zero-order valence-corrected chi connectivity index (χ0v) is 14.8. The lowest BCUT2D eigenvalue weighted by Gasteiger charge is -2.10. The van der Waals surface area contributed by atoms with Gasteiger partial charge in [0.05, 0.1) is 17.6 Å². The third-order valence-corrected chi connectivity index (χ3v) is 4.54. The first-order valence-electron chi connectivity index (χ1n) is 7.96. The fraction of sp³-hybridized carbons (Fsp3) is 0.0952. The Kier molecular flexibility index (Phi) is 3.95. The van der Waals surface area contributed by atoms with Crippen LogP contribution in [0, 0.1) is 0 Å². The summed E-state index contributed by atoms with van der Waals surface area (Å²) in [5, 5.41) is 2.55. The Balaban J connectivity index is 1.85. The van der Waals surface area contributed by atoms with Crippen molar-refractivity contribution in [3.05, 3.63) is 89.2 Å². The minimum Gasteiger partial charge on any atom is -0.323 e. The van der Waals surface area contributed by atoms with Gasteiger partial charge in [0, 0.05) is 10.9 Å². The van der Waals surface area contributed by atoms with Crippen molar-refractivity contribution in [1.29, 1.82) is 0 Å². The lowest BCUT2D eigenvalue weighted by Crippen LogP contribution is -2.05. The summed E-state index contributed by atoms with van der Waals surface area (Å²) in [6.45, 7) is 4.73. The first-order valence-corrected chi connectivity index (χ1v) is 8.76. The van der Waals surface area contributed by atoms with Crippen LogP contribution in [0.3, 0.4) is 0 Å². The molecule has 0 aliphatic carbocycles. The molecule has 0 saturated carbocycles. The molecule has 0 aliphatic rings. The lowest BCUT2D eigenvalue weighted by molar-refractivity contribution is 0.777. The van der Waals surface area contributed by atoms with E-state index in [1.807, 2.05) is 6.07 Å². The average Bonchev–Trinajstić information content (AvgIpc) is 2.92. The number of halogens is 1. The van der Waals surface area contributed by atoms with E-state index in [0.717, 1.165) is 34.3 Å². The summed E-state index contributed by atoms with van der Waals surface area (Å²) in [5.41, 5.74) is 3.47. The maximum Gasteiger partial charge on any atom is 0.114 e. The van der Waals surface area contributed by atoms with Gasteiger partial charge in [0.25, 0.3) is 0 Å². The van der Waals surface area contributed by atoms with Crippen molar-refractivity contribution in [3.8, 4) is 0 Å². The molecule has 0 unspecified atom stereocenters. The van der Waals surface area contributed by atoms with E-state index < -0.39 is 0 Å². The Labute approximate surface area is 149 Å². The Morgan fingerprint density at radius 3 is 2.58 bits per heavy atom. The summed E-state index contributed by atoms with van der Waals surface area (Å²) in [6.07, 6.45) is 0.802. The molecule has 0 atom stereocenters. The van der Waals surface area contributed by atoms with Gasteiger partial charge in [-0.25, -0.2) is 4.98 Å². The standard InChI is InChI=1S/C21H17BrN2/c1-15(22)14-24-20-12-5-4-11-19(20)23-21(24)13-17-9-6-8-16-7-2-3-10-18(16)17/h2-12H,1,13-14H2. The largest absolute Gasteiger partial charge is 0.323 e.